The van der Waals surface area contributed by atoms with Crippen LogP contribution in [0.1, 0.15) is 31.2 Å². The minimum Gasteiger partial charge on any atom is -0.268 e. The molecule has 2 rings (SSSR count). The molecule has 1 aromatic heterocycles. The Balaban J connectivity index is 2.23. The first kappa shape index (κ1) is 12.0. The lowest BCUT2D eigenvalue weighted by molar-refractivity contribution is 0.622. The van der Waals surface area contributed by atoms with Gasteiger partial charge in [-0.25, -0.2) is 0 Å². The third-order valence-corrected chi connectivity index (χ3v) is 3.84. The number of aryl methyl sites for hydroxylation is 2. The van der Waals surface area contributed by atoms with E-state index in [9.17, 15) is 0 Å². The smallest absolute Gasteiger partial charge is 0.0850 e. The fourth-order valence-corrected chi connectivity index (χ4v) is 2.64. The molecule has 0 bridgehead atoms. The topological polar surface area (TPSA) is 17.8 Å². The van der Waals surface area contributed by atoms with Gasteiger partial charge in [0.2, 0.25) is 0 Å². The van der Waals surface area contributed by atoms with Crippen molar-refractivity contribution in [3.8, 4) is 0 Å². The average Bonchev–Trinajstić information content (AvgIpc) is 2.77. The molecule has 1 atom stereocenters. The van der Waals surface area contributed by atoms with Crippen LogP contribution < -0.4 is 0 Å². The van der Waals surface area contributed by atoms with Crippen LogP contribution in [-0.4, -0.2) is 15.2 Å². The maximum absolute atomic E-state index is 6.26. The predicted molar refractivity (Wildman–Crippen MR) is 68.3 cm³/mol. The highest BCUT2D eigenvalue weighted by molar-refractivity contribution is 6.31. The van der Waals surface area contributed by atoms with Crippen LogP contribution in [0.3, 0.4) is 0 Å². The fourth-order valence-electron chi connectivity index (χ4n) is 2.15. The molecule has 0 radical (unpaired) electrons. The second-order valence-electron chi connectivity index (χ2n) is 4.22. The Bertz CT molecular complexity index is 421. The number of aromatic nitrogens is 2. The van der Waals surface area contributed by atoms with Crippen molar-refractivity contribution in [1.29, 1.82) is 0 Å². The Morgan fingerprint density at radius 2 is 2.31 bits per heavy atom. The molecule has 0 aliphatic heterocycles. The summed E-state index contributed by atoms with van der Waals surface area (Å²) >= 11 is 12.3. The fraction of sp³-hybridized carbons (Fsp3) is 0.583. The Morgan fingerprint density at radius 3 is 2.88 bits per heavy atom. The number of hydrogen-bond donors (Lipinski definition) is 0. The van der Waals surface area contributed by atoms with Gasteiger partial charge >= 0.3 is 0 Å². The van der Waals surface area contributed by atoms with E-state index in [1.807, 2.05) is 11.6 Å². The largest absolute Gasteiger partial charge is 0.268 e. The molecule has 0 aromatic carbocycles. The van der Waals surface area contributed by atoms with E-state index in [0.29, 0.717) is 0 Å². The van der Waals surface area contributed by atoms with E-state index in [0.717, 1.165) is 42.2 Å². The molecule has 0 fully saturated rings. The first-order valence-electron chi connectivity index (χ1n) is 5.67. The third kappa shape index (κ3) is 2.28. The molecule has 2 nitrogen and oxygen atoms in total. The van der Waals surface area contributed by atoms with Crippen LogP contribution in [0.25, 0.3) is 0 Å². The van der Waals surface area contributed by atoms with Gasteiger partial charge in [-0.2, -0.15) is 5.10 Å². The zero-order chi connectivity index (χ0) is 11.7. The van der Waals surface area contributed by atoms with E-state index < -0.39 is 0 Å². The lowest BCUT2D eigenvalue weighted by Gasteiger charge is -2.05. The van der Waals surface area contributed by atoms with E-state index in [2.05, 4.69) is 18.1 Å². The SMILES string of the molecule is CCn1nc(C)c(Cl)c1CC1=CC(Cl)CC1. The molecule has 1 heterocycles. The van der Waals surface area contributed by atoms with E-state index in [1.54, 1.807) is 0 Å². The molecular weight excluding hydrogens is 243 g/mol. The Labute approximate surface area is 106 Å². The van der Waals surface area contributed by atoms with Gasteiger partial charge in [0.15, 0.2) is 0 Å². The molecule has 0 saturated carbocycles. The zero-order valence-electron chi connectivity index (χ0n) is 9.63. The van der Waals surface area contributed by atoms with Crippen LogP contribution >= 0.6 is 23.2 Å². The molecule has 1 aliphatic carbocycles. The van der Waals surface area contributed by atoms with Gasteiger partial charge in [-0.1, -0.05) is 23.3 Å². The summed E-state index contributed by atoms with van der Waals surface area (Å²) in [4.78, 5) is 0. The minimum atomic E-state index is 0.202. The molecule has 0 amide bonds. The minimum absolute atomic E-state index is 0.202. The second kappa shape index (κ2) is 4.80. The first-order valence-corrected chi connectivity index (χ1v) is 6.48. The van der Waals surface area contributed by atoms with Gasteiger partial charge in [0.05, 0.1) is 21.8 Å². The van der Waals surface area contributed by atoms with Gasteiger partial charge in [-0.3, -0.25) is 4.68 Å². The van der Waals surface area contributed by atoms with Gasteiger partial charge in [0.25, 0.3) is 0 Å². The molecule has 0 N–H and O–H groups in total. The van der Waals surface area contributed by atoms with Crippen LogP contribution in [0, 0.1) is 6.92 Å². The Kier molecular flexibility index (Phi) is 3.60. The van der Waals surface area contributed by atoms with E-state index in [1.165, 1.54) is 5.57 Å². The maximum atomic E-state index is 6.26. The van der Waals surface area contributed by atoms with Gasteiger partial charge in [0, 0.05) is 13.0 Å². The van der Waals surface area contributed by atoms with Crippen molar-refractivity contribution in [2.45, 2.75) is 45.0 Å². The summed E-state index contributed by atoms with van der Waals surface area (Å²) in [6.07, 6.45) is 5.17. The maximum Gasteiger partial charge on any atom is 0.0850 e. The molecule has 4 heteroatoms. The Hall–Kier alpha value is -0.470. The number of rotatable bonds is 3. The summed E-state index contributed by atoms with van der Waals surface area (Å²) in [7, 11) is 0. The highest BCUT2D eigenvalue weighted by Crippen LogP contribution is 2.29. The first-order chi connectivity index (χ1) is 7.61. The average molecular weight is 259 g/mol. The van der Waals surface area contributed by atoms with E-state index >= 15 is 0 Å². The van der Waals surface area contributed by atoms with Crippen molar-refractivity contribution < 1.29 is 0 Å². The monoisotopic (exact) mass is 258 g/mol. The Morgan fingerprint density at radius 1 is 1.56 bits per heavy atom. The summed E-state index contributed by atoms with van der Waals surface area (Å²) < 4.78 is 1.99. The van der Waals surface area contributed by atoms with Crippen molar-refractivity contribution in [3.63, 3.8) is 0 Å². The lowest BCUT2D eigenvalue weighted by Crippen LogP contribution is -2.03. The van der Waals surface area contributed by atoms with Gasteiger partial charge < -0.3 is 0 Å². The summed E-state index contributed by atoms with van der Waals surface area (Å²) in [5, 5.41) is 5.42. The highest BCUT2D eigenvalue weighted by Gasteiger charge is 2.18. The van der Waals surface area contributed by atoms with Crippen molar-refractivity contribution in [1.82, 2.24) is 9.78 Å². The molecule has 16 heavy (non-hydrogen) atoms. The van der Waals surface area contributed by atoms with Crippen molar-refractivity contribution in [2.24, 2.45) is 0 Å². The molecule has 1 aromatic rings. The summed E-state index contributed by atoms with van der Waals surface area (Å²) in [5.74, 6) is 0. The van der Waals surface area contributed by atoms with Crippen molar-refractivity contribution >= 4 is 23.2 Å². The van der Waals surface area contributed by atoms with Crippen LogP contribution in [0.2, 0.25) is 5.02 Å². The molecule has 0 spiro atoms. The third-order valence-electron chi connectivity index (χ3n) is 3.01. The molecule has 0 saturated heterocycles. The zero-order valence-corrected chi connectivity index (χ0v) is 11.1. The van der Waals surface area contributed by atoms with Crippen molar-refractivity contribution in [3.05, 3.63) is 28.1 Å². The number of alkyl halides is 1. The van der Waals surface area contributed by atoms with Gasteiger partial charge in [-0.05, 0) is 26.7 Å². The normalized spacial score (nSPS) is 20.2. The van der Waals surface area contributed by atoms with Crippen molar-refractivity contribution in [2.75, 3.05) is 0 Å². The van der Waals surface area contributed by atoms with E-state index in [-0.39, 0.29) is 5.38 Å². The lowest BCUT2D eigenvalue weighted by atomic mass is 10.1. The molecule has 88 valence electrons. The highest BCUT2D eigenvalue weighted by atomic mass is 35.5. The van der Waals surface area contributed by atoms with Crippen LogP contribution in [0.5, 0.6) is 0 Å². The van der Waals surface area contributed by atoms with Gasteiger partial charge in [0.1, 0.15) is 0 Å². The quantitative estimate of drug-likeness (QED) is 0.597. The molecule has 1 aliphatic rings. The number of hydrogen-bond acceptors (Lipinski definition) is 1. The van der Waals surface area contributed by atoms with E-state index in [4.69, 9.17) is 23.2 Å². The summed E-state index contributed by atoms with van der Waals surface area (Å²) in [6, 6.07) is 0. The second-order valence-corrected chi connectivity index (χ2v) is 5.16. The molecular formula is C12H16Cl2N2. The van der Waals surface area contributed by atoms with Gasteiger partial charge in [-0.15, -0.1) is 11.6 Å². The molecule has 1 unspecified atom stereocenters. The number of nitrogens with zero attached hydrogens (tertiary/aromatic N) is 2. The number of allylic oxidation sites excluding steroid dienone is 2. The van der Waals surface area contributed by atoms with Crippen LogP contribution in [-0.2, 0) is 13.0 Å². The van der Waals surface area contributed by atoms with Crippen LogP contribution in [0.15, 0.2) is 11.6 Å². The summed E-state index contributed by atoms with van der Waals surface area (Å²) in [5.41, 5.74) is 3.43. The number of halogens is 2. The van der Waals surface area contributed by atoms with Crippen LogP contribution in [0.4, 0.5) is 0 Å². The summed E-state index contributed by atoms with van der Waals surface area (Å²) in [6.45, 7) is 4.89. The predicted octanol–water partition coefficient (Wildman–Crippen LogP) is 3.73. The standard InChI is InChI=1S/C12H16Cl2N2/c1-3-16-11(12(14)8(2)15-16)7-9-4-5-10(13)6-9/h6,10H,3-5,7H2,1-2H3.